The summed E-state index contributed by atoms with van der Waals surface area (Å²) >= 11 is 5.97. The number of benzene rings is 2. The third-order valence-corrected chi connectivity index (χ3v) is 8.45. The highest BCUT2D eigenvalue weighted by Crippen LogP contribution is 2.29. The fraction of sp³-hybridized carbons (Fsp3) is 0.458. The van der Waals surface area contributed by atoms with E-state index < -0.39 is 38.8 Å². The minimum atomic E-state index is -3.64. The first-order valence-electron chi connectivity index (χ1n) is 11.4. The molecule has 0 spiro atoms. The average Bonchev–Trinajstić information content (AvgIpc) is 3.26. The highest BCUT2D eigenvalue weighted by Gasteiger charge is 2.31. The first-order valence-corrected chi connectivity index (χ1v) is 13.4. The number of hydrogen-bond donors (Lipinski definition) is 2. The van der Waals surface area contributed by atoms with Crippen LogP contribution >= 0.6 is 11.6 Å². The summed E-state index contributed by atoms with van der Waals surface area (Å²) in [6.45, 7) is 3.79. The largest absolute Gasteiger partial charge is 0.348 e. The topological polar surface area (TPSA) is 78.5 Å². The zero-order chi connectivity index (χ0) is 25.9. The first kappa shape index (κ1) is 27.4. The molecule has 1 aliphatic rings. The molecule has 0 aliphatic carbocycles. The van der Waals surface area contributed by atoms with Crippen LogP contribution in [0.5, 0.6) is 0 Å². The van der Waals surface area contributed by atoms with Crippen molar-refractivity contribution in [2.75, 3.05) is 25.9 Å². The molecule has 35 heavy (non-hydrogen) atoms. The van der Waals surface area contributed by atoms with E-state index in [1.807, 2.05) is 4.90 Å². The molecule has 1 unspecified atom stereocenters. The summed E-state index contributed by atoms with van der Waals surface area (Å²) in [7, 11) is -1.84. The molecule has 192 valence electrons. The Hall–Kier alpha value is -2.14. The molecule has 1 amide bonds. The summed E-state index contributed by atoms with van der Waals surface area (Å²) < 4.78 is 69.9. The third kappa shape index (κ3) is 5.82. The van der Waals surface area contributed by atoms with Crippen molar-refractivity contribution in [3.8, 4) is 0 Å². The number of rotatable bonds is 9. The zero-order valence-electron chi connectivity index (χ0n) is 19.9. The lowest BCUT2D eigenvalue weighted by Crippen LogP contribution is -2.37. The molecule has 2 aromatic carbocycles. The summed E-state index contributed by atoms with van der Waals surface area (Å²) in [6.07, 6.45) is 1.80. The SMILES string of the molecule is CCS(=O)(=O)c1ccc(Cl)cc1CNC(=O)c1c(F)c(C)c(CN2CCCC2CNC)c(F)c1F. The molecule has 3 rings (SSSR count). The molecule has 0 radical (unpaired) electrons. The third-order valence-electron chi connectivity index (χ3n) is 6.38. The highest BCUT2D eigenvalue weighted by atomic mass is 35.5. The molecular weight excluding hydrogens is 503 g/mol. The molecule has 11 heteroatoms. The number of nitrogens with one attached hydrogen (secondary N) is 2. The Morgan fingerprint density at radius 2 is 1.91 bits per heavy atom. The van der Waals surface area contributed by atoms with Crippen molar-refractivity contribution in [3.05, 3.63) is 62.9 Å². The minimum Gasteiger partial charge on any atom is -0.348 e. The molecule has 2 N–H and O–H groups in total. The molecular formula is C24H29ClF3N3O3S. The van der Waals surface area contributed by atoms with Gasteiger partial charge in [0.05, 0.1) is 10.6 Å². The average molecular weight is 532 g/mol. The number of hydrogen-bond acceptors (Lipinski definition) is 5. The number of likely N-dealkylation sites (tertiary alicyclic amines) is 1. The summed E-state index contributed by atoms with van der Waals surface area (Å²) in [6, 6.07) is 4.18. The van der Waals surface area contributed by atoms with E-state index in [1.54, 1.807) is 7.05 Å². The van der Waals surface area contributed by atoms with Gasteiger partial charge < -0.3 is 10.6 Å². The molecule has 1 saturated heterocycles. The summed E-state index contributed by atoms with van der Waals surface area (Å²) in [4.78, 5) is 14.6. The Morgan fingerprint density at radius 1 is 1.20 bits per heavy atom. The quantitative estimate of drug-likeness (QED) is 0.479. The van der Waals surface area contributed by atoms with Crippen LogP contribution in [0.2, 0.25) is 5.02 Å². The van der Waals surface area contributed by atoms with Gasteiger partial charge in [0.15, 0.2) is 21.5 Å². The van der Waals surface area contributed by atoms with Gasteiger partial charge in [0.25, 0.3) is 5.91 Å². The summed E-state index contributed by atoms with van der Waals surface area (Å²) in [5.41, 5.74) is -1.14. The van der Waals surface area contributed by atoms with Crippen molar-refractivity contribution in [1.29, 1.82) is 0 Å². The first-order chi connectivity index (χ1) is 16.5. The maximum atomic E-state index is 15.2. The van der Waals surface area contributed by atoms with Gasteiger partial charge in [-0.25, -0.2) is 21.6 Å². The fourth-order valence-electron chi connectivity index (χ4n) is 4.39. The van der Waals surface area contributed by atoms with Gasteiger partial charge in [-0.3, -0.25) is 9.69 Å². The van der Waals surface area contributed by atoms with E-state index in [0.29, 0.717) is 13.1 Å². The Kier molecular flexibility index (Phi) is 8.85. The molecule has 1 aliphatic heterocycles. The van der Waals surface area contributed by atoms with E-state index in [2.05, 4.69) is 10.6 Å². The van der Waals surface area contributed by atoms with E-state index in [4.69, 9.17) is 11.6 Å². The van der Waals surface area contributed by atoms with Gasteiger partial charge in [-0.15, -0.1) is 0 Å². The van der Waals surface area contributed by atoms with Gasteiger partial charge in [-0.05, 0) is 62.7 Å². The van der Waals surface area contributed by atoms with Crippen LogP contribution in [0.1, 0.15) is 46.8 Å². The second kappa shape index (κ2) is 11.3. The second-order valence-electron chi connectivity index (χ2n) is 8.58. The van der Waals surface area contributed by atoms with E-state index in [1.165, 1.54) is 32.0 Å². The van der Waals surface area contributed by atoms with E-state index in [9.17, 15) is 17.6 Å². The van der Waals surface area contributed by atoms with Gasteiger partial charge in [-0.1, -0.05) is 18.5 Å². The van der Waals surface area contributed by atoms with E-state index in [0.717, 1.165) is 12.8 Å². The lowest BCUT2D eigenvalue weighted by atomic mass is 10.0. The van der Waals surface area contributed by atoms with Crippen LogP contribution in [0.25, 0.3) is 0 Å². The maximum absolute atomic E-state index is 15.2. The molecule has 0 saturated carbocycles. The second-order valence-corrected chi connectivity index (χ2v) is 11.3. The van der Waals surface area contributed by atoms with Gasteiger partial charge in [0.1, 0.15) is 11.4 Å². The monoisotopic (exact) mass is 531 g/mol. The normalized spacial score (nSPS) is 16.6. The summed E-state index contributed by atoms with van der Waals surface area (Å²) in [5.74, 6) is -5.36. The van der Waals surface area contributed by atoms with Crippen molar-refractivity contribution >= 4 is 27.3 Å². The number of halogens is 4. The molecule has 1 atom stereocenters. The van der Waals surface area contributed by atoms with Gasteiger partial charge in [-0.2, -0.15) is 0 Å². The Balaban J connectivity index is 1.88. The van der Waals surface area contributed by atoms with E-state index >= 15 is 8.78 Å². The Bertz CT molecular complexity index is 1200. The van der Waals surface area contributed by atoms with Crippen LogP contribution in [0.15, 0.2) is 23.1 Å². The summed E-state index contributed by atoms with van der Waals surface area (Å²) in [5, 5.41) is 5.60. The number of sulfone groups is 1. The molecule has 1 heterocycles. The van der Waals surface area contributed by atoms with Crippen molar-refractivity contribution in [2.45, 2.75) is 50.7 Å². The molecule has 1 fully saturated rings. The molecule has 0 aromatic heterocycles. The van der Waals surface area contributed by atoms with Crippen LogP contribution in [-0.4, -0.2) is 51.2 Å². The Morgan fingerprint density at radius 3 is 2.57 bits per heavy atom. The van der Waals surface area contributed by atoms with Crippen LogP contribution in [0.4, 0.5) is 13.2 Å². The van der Waals surface area contributed by atoms with Gasteiger partial charge >= 0.3 is 0 Å². The number of carbonyl (C=O) groups is 1. The number of carbonyl (C=O) groups excluding carboxylic acids is 1. The van der Waals surface area contributed by atoms with Crippen LogP contribution in [0, 0.1) is 24.4 Å². The van der Waals surface area contributed by atoms with Gasteiger partial charge in [0, 0.05) is 36.3 Å². The number of amides is 1. The predicted octanol–water partition coefficient (Wildman–Crippen LogP) is 3.97. The Labute approximate surface area is 208 Å². The van der Waals surface area contributed by atoms with E-state index in [-0.39, 0.29) is 51.5 Å². The van der Waals surface area contributed by atoms with Crippen molar-refractivity contribution in [1.82, 2.24) is 15.5 Å². The molecule has 2 aromatic rings. The molecule has 0 bridgehead atoms. The van der Waals surface area contributed by atoms with Crippen molar-refractivity contribution in [3.63, 3.8) is 0 Å². The number of likely N-dealkylation sites (N-methyl/N-ethyl adjacent to an activating group) is 1. The van der Waals surface area contributed by atoms with Crippen molar-refractivity contribution < 1.29 is 26.4 Å². The van der Waals surface area contributed by atoms with Crippen LogP contribution in [-0.2, 0) is 22.9 Å². The highest BCUT2D eigenvalue weighted by molar-refractivity contribution is 7.91. The minimum absolute atomic E-state index is 0.0283. The predicted molar refractivity (Wildman–Crippen MR) is 129 cm³/mol. The fourth-order valence-corrected chi connectivity index (χ4v) is 5.70. The smallest absolute Gasteiger partial charge is 0.257 e. The maximum Gasteiger partial charge on any atom is 0.257 e. The molecule has 6 nitrogen and oxygen atoms in total. The zero-order valence-corrected chi connectivity index (χ0v) is 21.4. The lowest BCUT2D eigenvalue weighted by Gasteiger charge is -2.26. The van der Waals surface area contributed by atoms with Crippen LogP contribution < -0.4 is 10.6 Å². The lowest BCUT2D eigenvalue weighted by molar-refractivity contribution is 0.0940. The van der Waals surface area contributed by atoms with Gasteiger partial charge in [0.2, 0.25) is 0 Å². The van der Waals surface area contributed by atoms with Crippen LogP contribution in [0.3, 0.4) is 0 Å². The van der Waals surface area contributed by atoms with Crippen molar-refractivity contribution in [2.24, 2.45) is 0 Å². The number of nitrogens with zero attached hydrogens (tertiary/aromatic N) is 1. The standard InChI is InChI=1S/C24H29ClF3N3O3S/c1-4-35(33,34)19-8-7-16(25)10-15(19)11-30-24(32)20-21(26)14(2)18(22(27)23(20)28)13-31-9-5-6-17(31)12-29-3/h7-8,10,17,29H,4-6,9,11-13H2,1-3H3,(H,30,32).